The highest BCUT2D eigenvalue weighted by Crippen LogP contribution is 2.30. The van der Waals surface area contributed by atoms with Crippen LogP contribution in [-0.4, -0.2) is 63.5 Å². The Hall–Kier alpha value is -1.40. The Kier molecular flexibility index (Phi) is 12.1. The number of hydrogen-bond donors (Lipinski definition) is 2. The van der Waals surface area contributed by atoms with E-state index in [0.717, 1.165) is 51.4 Å². The second-order valence-electron chi connectivity index (χ2n) is 6.03. The molecule has 1 heterocycles. The third-order valence-corrected chi connectivity index (χ3v) is 4.02. The molecule has 1 aromatic carbocycles. The Morgan fingerprint density at radius 1 is 1.32 bits per heavy atom. The minimum Gasteiger partial charge on any atom is -0.490 e. The predicted molar refractivity (Wildman–Crippen MR) is 115 cm³/mol. The number of nitrogens with zero attached hydrogens (tertiary/aromatic N) is 2. The van der Waals surface area contributed by atoms with E-state index in [2.05, 4.69) is 19.9 Å². The van der Waals surface area contributed by atoms with Crippen LogP contribution in [0.2, 0.25) is 0 Å². The number of aliphatic imine (C=N–C) groups is 1. The van der Waals surface area contributed by atoms with Crippen LogP contribution in [0.15, 0.2) is 23.2 Å². The summed E-state index contributed by atoms with van der Waals surface area (Å²) in [5.41, 5.74) is 6.67. The Labute approximate surface area is 181 Å². The smallest absolute Gasteiger partial charge is 0.387 e. The molecule has 3 N–H and O–H groups in total. The van der Waals surface area contributed by atoms with Gasteiger partial charge in [-0.25, -0.2) is 4.99 Å². The van der Waals surface area contributed by atoms with Crippen molar-refractivity contribution in [2.45, 2.75) is 26.5 Å². The Balaban J connectivity index is 0.00000392. The lowest BCUT2D eigenvalue weighted by Gasteiger charge is -2.26. The van der Waals surface area contributed by atoms with Gasteiger partial charge in [0, 0.05) is 19.6 Å². The van der Waals surface area contributed by atoms with Gasteiger partial charge >= 0.3 is 6.61 Å². The first kappa shape index (κ1) is 24.6. The van der Waals surface area contributed by atoms with Crippen LogP contribution in [0.5, 0.6) is 11.5 Å². The van der Waals surface area contributed by atoms with Crippen molar-refractivity contribution in [2.24, 2.45) is 10.7 Å². The number of morpholine rings is 1. The summed E-state index contributed by atoms with van der Waals surface area (Å²) in [6.45, 7) is 4.79. The van der Waals surface area contributed by atoms with E-state index >= 15 is 0 Å². The Bertz CT molecular complexity index is 602. The Morgan fingerprint density at radius 2 is 2.07 bits per heavy atom. The zero-order valence-electron chi connectivity index (χ0n) is 16.0. The van der Waals surface area contributed by atoms with Crippen LogP contribution in [0.4, 0.5) is 8.78 Å². The van der Waals surface area contributed by atoms with E-state index in [-0.39, 0.29) is 35.5 Å². The first-order valence-corrected chi connectivity index (χ1v) is 9.13. The van der Waals surface area contributed by atoms with E-state index in [9.17, 15) is 8.78 Å². The average molecular weight is 514 g/mol. The molecule has 0 unspecified atom stereocenters. The van der Waals surface area contributed by atoms with Gasteiger partial charge in [0.1, 0.15) is 0 Å². The predicted octanol–water partition coefficient (Wildman–Crippen LogP) is 2.43. The molecule has 0 spiro atoms. The fourth-order valence-electron chi connectivity index (χ4n) is 2.69. The van der Waals surface area contributed by atoms with Crippen molar-refractivity contribution in [1.29, 1.82) is 0 Å². The van der Waals surface area contributed by atoms with Crippen LogP contribution in [0.25, 0.3) is 0 Å². The third kappa shape index (κ3) is 9.20. The summed E-state index contributed by atoms with van der Waals surface area (Å²) in [6.07, 6.45) is 0.963. The lowest BCUT2D eigenvalue weighted by atomic mass is 10.2. The van der Waals surface area contributed by atoms with Crippen LogP contribution in [0.1, 0.15) is 18.9 Å². The molecule has 2 rings (SSSR count). The van der Waals surface area contributed by atoms with E-state index in [0.29, 0.717) is 19.1 Å². The molecular formula is C18H29F2IN4O3. The summed E-state index contributed by atoms with van der Waals surface area (Å²) >= 11 is 0. The van der Waals surface area contributed by atoms with E-state index in [1.807, 2.05) is 0 Å². The maximum Gasteiger partial charge on any atom is 0.387 e. The first-order valence-electron chi connectivity index (χ1n) is 9.13. The number of rotatable bonds is 10. The fraction of sp³-hybridized carbons (Fsp3) is 0.611. The summed E-state index contributed by atoms with van der Waals surface area (Å²) in [6, 6.07) is 4.75. The SMILES string of the molecule is CCOc1cc(CN=C(N)NCCCN2CCOCC2)ccc1OC(F)F.I. The van der Waals surface area contributed by atoms with Crippen molar-refractivity contribution >= 4 is 29.9 Å². The quantitative estimate of drug-likeness (QED) is 0.216. The zero-order valence-corrected chi connectivity index (χ0v) is 18.4. The van der Waals surface area contributed by atoms with Gasteiger partial charge in [-0.15, -0.1) is 24.0 Å². The molecule has 0 amide bonds. The lowest BCUT2D eigenvalue weighted by molar-refractivity contribution is -0.0514. The molecule has 1 aromatic rings. The first-order chi connectivity index (χ1) is 13.1. The number of alkyl halides is 2. The third-order valence-electron chi connectivity index (χ3n) is 4.02. The number of ether oxygens (including phenoxy) is 3. The molecule has 160 valence electrons. The van der Waals surface area contributed by atoms with E-state index in [1.165, 1.54) is 6.07 Å². The van der Waals surface area contributed by atoms with Gasteiger partial charge in [-0.2, -0.15) is 8.78 Å². The maximum absolute atomic E-state index is 12.4. The summed E-state index contributed by atoms with van der Waals surface area (Å²) in [7, 11) is 0. The topological polar surface area (TPSA) is 81.3 Å². The Morgan fingerprint density at radius 3 is 2.75 bits per heavy atom. The van der Waals surface area contributed by atoms with Crippen LogP contribution >= 0.6 is 24.0 Å². The van der Waals surface area contributed by atoms with Crippen molar-refractivity contribution in [3.63, 3.8) is 0 Å². The highest BCUT2D eigenvalue weighted by Gasteiger charge is 2.12. The minimum atomic E-state index is -2.90. The maximum atomic E-state index is 12.4. The van der Waals surface area contributed by atoms with Crippen molar-refractivity contribution in [3.8, 4) is 11.5 Å². The molecule has 10 heteroatoms. The number of guanidine groups is 1. The second-order valence-corrected chi connectivity index (χ2v) is 6.03. The largest absolute Gasteiger partial charge is 0.490 e. The zero-order chi connectivity index (χ0) is 19.5. The molecule has 0 saturated carbocycles. The summed E-state index contributed by atoms with van der Waals surface area (Å²) in [5.74, 6) is 0.624. The van der Waals surface area contributed by atoms with Gasteiger partial charge in [-0.1, -0.05) is 6.07 Å². The fourth-order valence-corrected chi connectivity index (χ4v) is 2.69. The summed E-state index contributed by atoms with van der Waals surface area (Å²) < 4.78 is 40.0. The monoisotopic (exact) mass is 514 g/mol. The molecule has 1 aliphatic heterocycles. The molecule has 1 fully saturated rings. The molecule has 7 nitrogen and oxygen atoms in total. The lowest BCUT2D eigenvalue weighted by Crippen LogP contribution is -2.39. The molecule has 28 heavy (non-hydrogen) atoms. The van der Waals surface area contributed by atoms with Crippen molar-refractivity contribution in [2.75, 3.05) is 46.0 Å². The van der Waals surface area contributed by atoms with Gasteiger partial charge in [0.2, 0.25) is 0 Å². The van der Waals surface area contributed by atoms with Gasteiger partial charge in [0.25, 0.3) is 0 Å². The molecule has 0 aliphatic carbocycles. The van der Waals surface area contributed by atoms with Crippen molar-refractivity contribution < 1.29 is 23.0 Å². The van der Waals surface area contributed by atoms with Crippen LogP contribution in [-0.2, 0) is 11.3 Å². The van der Waals surface area contributed by atoms with Gasteiger partial charge in [0.05, 0.1) is 26.4 Å². The van der Waals surface area contributed by atoms with Gasteiger partial charge in [-0.3, -0.25) is 4.90 Å². The number of benzene rings is 1. The molecule has 0 atom stereocenters. The van der Waals surface area contributed by atoms with Crippen LogP contribution < -0.4 is 20.5 Å². The van der Waals surface area contributed by atoms with Crippen molar-refractivity contribution in [3.05, 3.63) is 23.8 Å². The van der Waals surface area contributed by atoms with Crippen molar-refractivity contribution in [1.82, 2.24) is 10.2 Å². The van der Waals surface area contributed by atoms with Crippen LogP contribution in [0, 0.1) is 0 Å². The molecule has 0 bridgehead atoms. The van der Waals surface area contributed by atoms with Crippen LogP contribution in [0.3, 0.4) is 0 Å². The van der Waals surface area contributed by atoms with Gasteiger partial charge < -0.3 is 25.3 Å². The number of hydrogen-bond acceptors (Lipinski definition) is 5. The average Bonchev–Trinajstić information content (AvgIpc) is 2.66. The normalized spacial score (nSPS) is 15.2. The highest BCUT2D eigenvalue weighted by atomic mass is 127. The van der Waals surface area contributed by atoms with E-state index in [1.54, 1.807) is 19.1 Å². The minimum absolute atomic E-state index is 0. The van der Waals surface area contributed by atoms with E-state index < -0.39 is 6.61 Å². The summed E-state index contributed by atoms with van der Waals surface area (Å²) in [5, 5.41) is 3.08. The number of nitrogens with one attached hydrogen (secondary N) is 1. The molecule has 0 radical (unpaired) electrons. The molecule has 1 saturated heterocycles. The molecule has 1 aliphatic rings. The number of halogens is 3. The second kappa shape index (κ2) is 13.7. The molecule has 0 aromatic heterocycles. The van der Waals surface area contributed by atoms with Gasteiger partial charge in [-0.05, 0) is 37.6 Å². The highest BCUT2D eigenvalue weighted by molar-refractivity contribution is 14.0. The standard InChI is InChI=1S/C18H28F2N4O3.HI/c1-2-26-16-12-14(4-5-15(16)27-17(19)20)13-23-18(21)22-6-3-7-24-8-10-25-11-9-24;/h4-5,12,17H,2-3,6-11,13H2,1H3,(H3,21,22,23);1H. The summed E-state index contributed by atoms with van der Waals surface area (Å²) in [4.78, 5) is 6.63. The van der Waals surface area contributed by atoms with Gasteiger partial charge in [0.15, 0.2) is 17.5 Å². The molecular weight excluding hydrogens is 485 g/mol. The van der Waals surface area contributed by atoms with E-state index in [4.69, 9.17) is 15.2 Å². The number of nitrogens with two attached hydrogens (primary N) is 1.